The Morgan fingerprint density at radius 3 is 2.24 bits per heavy atom. The van der Waals surface area contributed by atoms with E-state index >= 15 is 0 Å². The summed E-state index contributed by atoms with van der Waals surface area (Å²) in [5.74, 6) is 1.48. The highest BCUT2D eigenvalue weighted by Gasteiger charge is 2.23. The second kappa shape index (κ2) is 25.4. The summed E-state index contributed by atoms with van der Waals surface area (Å²) in [4.78, 5) is 17.0. The number of esters is 1. The lowest BCUT2D eigenvalue weighted by Gasteiger charge is -2.31. The first kappa shape index (κ1) is 46.4. The van der Waals surface area contributed by atoms with Crippen LogP contribution in [0.15, 0.2) is 101 Å². The first-order valence-electron chi connectivity index (χ1n) is 18.0. The first-order valence-corrected chi connectivity index (χ1v) is 18.4. The summed E-state index contributed by atoms with van der Waals surface area (Å²) in [7, 11) is 0. The predicted molar refractivity (Wildman–Crippen MR) is 223 cm³/mol. The number of thiol groups is 1. The lowest BCUT2D eigenvalue weighted by molar-refractivity contribution is -0.137. The minimum Gasteiger partial charge on any atom is -0.461 e. The lowest BCUT2D eigenvalue weighted by Crippen LogP contribution is -2.16. The van der Waals surface area contributed by atoms with Crippen LogP contribution in [0.4, 0.5) is 0 Å². The maximum Gasteiger partial charge on any atom is 0.331 e. The van der Waals surface area contributed by atoms with Crippen LogP contribution in [0, 0.1) is 18.3 Å². The van der Waals surface area contributed by atoms with Crippen LogP contribution in [0.5, 0.6) is 0 Å². The molecule has 1 heterocycles. The average Bonchev–Trinajstić information content (AvgIpc) is 3.34. The van der Waals surface area contributed by atoms with Gasteiger partial charge >= 0.3 is 5.97 Å². The number of hydrogen-bond donors (Lipinski definition) is 2. The van der Waals surface area contributed by atoms with E-state index in [9.17, 15) is 4.79 Å². The van der Waals surface area contributed by atoms with Gasteiger partial charge in [-0.05, 0) is 106 Å². The highest BCUT2D eigenvalue weighted by molar-refractivity contribution is 7.80. The molecular formula is C44H67N3O2S. The highest BCUT2D eigenvalue weighted by Crippen LogP contribution is 2.38. The molecule has 1 aliphatic carbocycles. The van der Waals surface area contributed by atoms with E-state index in [-0.39, 0.29) is 12.6 Å². The van der Waals surface area contributed by atoms with Crippen molar-refractivity contribution in [3.63, 3.8) is 0 Å². The normalized spacial score (nSPS) is 14.6. The number of benzene rings is 1. The van der Waals surface area contributed by atoms with E-state index in [1.54, 1.807) is 6.08 Å². The van der Waals surface area contributed by atoms with Crippen LogP contribution < -0.4 is 5.73 Å². The summed E-state index contributed by atoms with van der Waals surface area (Å²) in [6.45, 7) is 30.6. The molecule has 1 aromatic heterocycles. The van der Waals surface area contributed by atoms with Crippen LogP contribution in [-0.4, -0.2) is 28.7 Å². The lowest BCUT2D eigenvalue weighted by atomic mass is 9.75. The summed E-state index contributed by atoms with van der Waals surface area (Å²) >= 11 is 4.31. The summed E-state index contributed by atoms with van der Waals surface area (Å²) in [5, 5.41) is 0. The fourth-order valence-electron chi connectivity index (χ4n) is 4.98. The molecular weight excluding hydrogens is 635 g/mol. The number of nitrogens with two attached hydrogens (primary N) is 1. The topological polar surface area (TPSA) is 70.1 Å². The SMILES string of the molecule is C=Cc1nc(C)n(Cc2ccc(S)cc2)c1/C=C\C.CC.CC(C)C.CC1=C(/C=C/C(C)=C/C=C/C(C)=C/C(=O)OCCN)CCC(C)(C)C1. The molecule has 1 aliphatic rings. The molecule has 5 nitrogen and oxygen atoms in total. The van der Waals surface area contributed by atoms with Crippen molar-refractivity contribution in [3.05, 3.63) is 118 Å². The van der Waals surface area contributed by atoms with Crippen LogP contribution in [0.25, 0.3) is 12.2 Å². The second-order valence-corrected chi connectivity index (χ2v) is 14.2. The molecule has 6 heteroatoms. The number of aromatic nitrogens is 2. The number of ether oxygens (including phenoxy) is 1. The van der Waals surface area contributed by atoms with Gasteiger partial charge in [0, 0.05) is 24.1 Å². The number of carbonyl (C=O) groups is 1. The van der Waals surface area contributed by atoms with Crippen molar-refractivity contribution in [2.75, 3.05) is 13.2 Å². The molecule has 2 N–H and O–H groups in total. The number of carbonyl (C=O) groups excluding carboxylic acids is 1. The highest BCUT2D eigenvalue weighted by atomic mass is 32.1. The van der Waals surface area contributed by atoms with Crippen molar-refractivity contribution in [1.29, 1.82) is 0 Å². The molecule has 0 aliphatic heterocycles. The summed E-state index contributed by atoms with van der Waals surface area (Å²) in [6.07, 6.45) is 21.3. The van der Waals surface area contributed by atoms with Gasteiger partial charge in [0.15, 0.2) is 0 Å². The number of allylic oxidation sites excluding steroid dienone is 10. The van der Waals surface area contributed by atoms with E-state index < -0.39 is 0 Å². The van der Waals surface area contributed by atoms with E-state index in [0.717, 1.165) is 46.6 Å². The molecule has 50 heavy (non-hydrogen) atoms. The molecule has 0 saturated carbocycles. The Labute approximate surface area is 311 Å². The number of hydrogen-bond acceptors (Lipinski definition) is 5. The molecule has 2 aromatic rings. The smallest absolute Gasteiger partial charge is 0.331 e. The maximum absolute atomic E-state index is 11.4. The van der Waals surface area contributed by atoms with Crippen molar-refractivity contribution in [3.8, 4) is 0 Å². The van der Waals surface area contributed by atoms with Gasteiger partial charge in [-0.1, -0.05) is 115 Å². The molecule has 0 atom stereocenters. The Kier molecular flexibility index (Phi) is 23.5. The molecule has 1 aromatic carbocycles. The van der Waals surface area contributed by atoms with Gasteiger partial charge in [0.05, 0.1) is 11.4 Å². The van der Waals surface area contributed by atoms with Crippen LogP contribution in [0.1, 0.15) is 118 Å². The minimum absolute atomic E-state index is 0.253. The first-order chi connectivity index (χ1) is 23.6. The van der Waals surface area contributed by atoms with Gasteiger partial charge in [0.1, 0.15) is 12.4 Å². The van der Waals surface area contributed by atoms with Gasteiger partial charge in [0.25, 0.3) is 0 Å². The standard InChI is InChI=1S/C22H33NO2.C16H18N2S.C4H10.C2H6/c1-17(7-6-8-18(2)15-21(24)25-14-13-23)9-10-20-11-12-22(4,5)16-19(20)3;1-4-6-16-15(5-2)17-12(3)18(16)11-13-7-9-14(19)10-8-13;1-4(2)3;1-2/h6-10,15H,11-14,16,23H2,1-5H3;4-10,19H,2,11H2,1,3H3;4H,1-3H3;1-2H3/b8-6+,10-9+,17-7+,18-15+;6-4-;;. The van der Waals surface area contributed by atoms with Gasteiger partial charge in [0.2, 0.25) is 0 Å². The molecule has 276 valence electrons. The third-order valence-electron chi connectivity index (χ3n) is 7.36. The van der Waals surface area contributed by atoms with Crippen molar-refractivity contribution >= 4 is 30.8 Å². The Bertz CT molecular complexity index is 1490. The van der Waals surface area contributed by atoms with Gasteiger partial charge in [-0.25, -0.2) is 9.78 Å². The zero-order valence-electron chi connectivity index (χ0n) is 33.3. The molecule has 0 spiro atoms. The fraction of sp³-hybridized carbons (Fsp3) is 0.455. The van der Waals surface area contributed by atoms with Crippen molar-refractivity contribution in [2.45, 2.75) is 114 Å². The molecule has 3 rings (SSSR count). The number of rotatable bonds is 11. The Morgan fingerprint density at radius 1 is 1.08 bits per heavy atom. The molecule has 0 unspecified atom stereocenters. The predicted octanol–water partition coefficient (Wildman–Crippen LogP) is 11.9. The van der Waals surface area contributed by atoms with Gasteiger partial charge < -0.3 is 15.0 Å². The third-order valence-corrected chi connectivity index (χ3v) is 7.66. The molecule has 0 amide bonds. The number of nitrogens with zero attached hydrogens (tertiary/aromatic N) is 2. The largest absolute Gasteiger partial charge is 0.461 e. The van der Waals surface area contributed by atoms with Crippen molar-refractivity contribution in [2.24, 2.45) is 17.1 Å². The van der Waals surface area contributed by atoms with Crippen molar-refractivity contribution in [1.82, 2.24) is 9.55 Å². The summed E-state index contributed by atoms with van der Waals surface area (Å²) in [5.41, 5.74) is 14.0. The summed E-state index contributed by atoms with van der Waals surface area (Å²) in [6, 6.07) is 8.20. The van der Waals surface area contributed by atoms with Crippen LogP contribution in [-0.2, 0) is 16.1 Å². The van der Waals surface area contributed by atoms with E-state index in [0.29, 0.717) is 12.0 Å². The quantitative estimate of drug-likeness (QED) is 0.106. The molecule has 0 saturated heterocycles. The molecule has 0 fully saturated rings. The second-order valence-electron chi connectivity index (χ2n) is 13.7. The van der Waals surface area contributed by atoms with Crippen molar-refractivity contribution < 1.29 is 9.53 Å². The monoisotopic (exact) mass is 701 g/mol. The van der Waals surface area contributed by atoms with Crippen LogP contribution in [0.2, 0.25) is 0 Å². The van der Waals surface area contributed by atoms with E-state index in [2.05, 4.69) is 108 Å². The third kappa shape index (κ3) is 19.5. The van der Waals surface area contributed by atoms with Crippen LogP contribution >= 0.6 is 12.6 Å². The Balaban J connectivity index is 0.000000848. The Morgan fingerprint density at radius 2 is 1.70 bits per heavy atom. The van der Waals surface area contributed by atoms with E-state index in [1.807, 2.05) is 71.1 Å². The zero-order valence-corrected chi connectivity index (χ0v) is 34.2. The minimum atomic E-state index is -0.351. The number of aryl methyl sites for hydroxylation is 1. The van der Waals surface area contributed by atoms with Gasteiger partial charge in [-0.15, -0.1) is 12.6 Å². The van der Waals surface area contributed by atoms with Gasteiger partial charge in [-0.3, -0.25) is 0 Å². The van der Waals surface area contributed by atoms with E-state index in [1.165, 1.54) is 41.2 Å². The van der Waals surface area contributed by atoms with Crippen LogP contribution in [0.3, 0.4) is 0 Å². The molecule has 0 bridgehead atoms. The van der Waals surface area contributed by atoms with Gasteiger partial charge in [-0.2, -0.15) is 0 Å². The summed E-state index contributed by atoms with van der Waals surface area (Å²) < 4.78 is 7.11. The average molecular weight is 702 g/mol. The maximum atomic E-state index is 11.4. The fourth-order valence-corrected chi connectivity index (χ4v) is 5.13. The van der Waals surface area contributed by atoms with E-state index in [4.69, 9.17) is 10.5 Å². The molecule has 0 radical (unpaired) electrons. The Hall–Kier alpha value is -3.61. The number of imidazole rings is 1. The zero-order chi connectivity index (χ0) is 38.3.